The molecule has 2 aliphatic heterocycles. The van der Waals surface area contributed by atoms with Crippen LogP contribution in [0.15, 0.2) is 11.6 Å². The maximum Gasteiger partial charge on any atom is 0.185 e. The van der Waals surface area contributed by atoms with Gasteiger partial charge < -0.3 is 14.7 Å². The Kier molecular flexibility index (Phi) is 5.43. The highest BCUT2D eigenvalue weighted by Crippen LogP contribution is 2.18. The lowest BCUT2D eigenvalue weighted by Crippen LogP contribution is -2.50. The number of rotatable bonds is 5. The first-order chi connectivity index (χ1) is 10.3. The van der Waals surface area contributed by atoms with Gasteiger partial charge in [0.15, 0.2) is 5.13 Å². The van der Waals surface area contributed by atoms with Crippen LogP contribution in [0.4, 0.5) is 5.13 Å². The number of hydrogen-bond donors (Lipinski definition) is 1. The summed E-state index contributed by atoms with van der Waals surface area (Å²) in [7, 11) is 0. The van der Waals surface area contributed by atoms with Crippen LogP contribution in [-0.4, -0.2) is 91.6 Å². The largest absolute Gasteiger partial charge is 0.390 e. The van der Waals surface area contributed by atoms with Crippen molar-refractivity contribution in [2.45, 2.75) is 6.10 Å². The first-order valence-corrected chi connectivity index (χ1v) is 8.54. The quantitative estimate of drug-likeness (QED) is 0.823. The van der Waals surface area contributed by atoms with E-state index in [0.717, 1.165) is 70.7 Å². The van der Waals surface area contributed by atoms with E-state index in [-0.39, 0.29) is 6.10 Å². The average Bonchev–Trinajstić information content (AvgIpc) is 3.03. The van der Waals surface area contributed by atoms with Gasteiger partial charge in [-0.25, -0.2) is 4.98 Å². The molecule has 1 atom stereocenters. The summed E-state index contributed by atoms with van der Waals surface area (Å²) in [5.74, 6) is 0. The smallest absolute Gasteiger partial charge is 0.185 e. The van der Waals surface area contributed by atoms with Crippen LogP contribution in [0.25, 0.3) is 0 Å². The van der Waals surface area contributed by atoms with Crippen molar-refractivity contribution in [1.29, 1.82) is 0 Å². The van der Waals surface area contributed by atoms with Crippen molar-refractivity contribution in [2.24, 2.45) is 0 Å². The number of thiazole rings is 1. The van der Waals surface area contributed by atoms with E-state index in [2.05, 4.69) is 19.7 Å². The van der Waals surface area contributed by atoms with E-state index in [9.17, 15) is 5.11 Å². The molecule has 1 N–H and O–H groups in total. The fourth-order valence-corrected chi connectivity index (χ4v) is 3.63. The van der Waals surface area contributed by atoms with Crippen LogP contribution in [0.5, 0.6) is 0 Å². The fraction of sp³-hybridized carbons (Fsp3) is 0.786. The minimum absolute atomic E-state index is 0.269. The summed E-state index contributed by atoms with van der Waals surface area (Å²) in [6, 6.07) is 0. The van der Waals surface area contributed by atoms with Gasteiger partial charge in [-0.15, -0.1) is 11.3 Å². The number of ether oxygens (including phenoxy) is 1. The molecule has 3 rings (SSSR count). The van der Waals surface area contributed by atoms with E-state index in [1.54, 1.807) is 11.3 Å². The normalized spacial score (nSPS) is 23.4. The molecular weight excluding hydrogens is 288 g/mol. The minimum atomic E-state index is -0.269. The van der Waals surface area contributed by atoms with E-state index < -0.39 is 0 Å². The number of morpholine rings is 1. The van der Waals surface area contributed by atoms with Gasteiger partial charge in [0.05, 0.1) is 19.3 Å². The van der Waals surface area contributed by atoms with Crippen molar-refractivity contribution in [1.82, 2.24) is 14.8 Å². The fourth-order valence-electron chi connectivity index (χ4n) is 2.93. The summed E-state index contributed by atoms with van der Waals surface area (Å²) >= 11 is 1.70. The molecule has 2 aliphatic rings. The standard InChI is InChI=1S/C14H24N4O2S/c19-13(12-17-6-8-20-9-7-17)11-16-2-4-18(5-3-16)14-15-1-10-21-14/h1,10,13,19H,2-9,11-12H2/t13-/m0/s1. The molecule has 7 heteroatoms. The highest BCUT2D eigenvalue weighted by molar-refractivity contribution is 7.13. The number of hydrogen-bond acceptors (Lipinski definition) is 7. The van der Waals surface area contributed by atoms with Gasteiger partial charge in [-0.1, -0.05) is 0 Å². The highest BCUT2D eigenvalue weighted by atomic mass is 32.1. The van der Waals surface area contributed by atoms with E-state index in [1.807, 2.05) is 11.6 Å². The zero-order chi connectivity index (χ0) is 14.5. The van der Waals surface area contributed by atoms with E-state index >= 15 is 0 Å². The Bertz CT molecular complexity index is 403. The predicted octanol–water partition coefficient (Wildman–Crippen LogP) is -0.0418. The molecule has 1 aromatic rings. The van der Waals surface area contributed by atoms with Crippen LogP contribution < -0.4 is 4.90 Å². The van der Waals surface area contributed by atoms with Crippen LogP contribution in [-0.2, 0) is 4.74 Å². The zero-order valence-electron chi connectivity index (χ0n) is 12.4. The van der Waals surface area contributed by atoms with Gasteiger partial charge in [0, 0.05) is 63.9 Å². The number of nitrogens with zero attached hydrogens (tertiary/aromatic N) is 4. The second-order valence-electron chi connectivity index (χ2n) is 5.67. The van der Waals surface area contributed by atoms with E-state index in [1.165, 1.54) is 0 Å². The highest BCUT2D eigenvalue weighted by Gasteiger charge is 2.22. The SMILES string of the molecule is O[C@H](CN1CCOCC1)CN1CCN(c2nccs2)CC1. The zero-order valence-corrected chi connectivity index (χ0v) is 13.2. The van der Waals surface area contributed by atoms with Crippen molar-refractivity contribution in [3.05, 3.63) is 11.6 Å². The molecule has 21 heavy (non-hydrogen) atoms. The van der Waals surface area contributed by atoms with Gasteiger partial charge in [-0.3, -0.25) is 9.80 Å². The first kappa shape index (κ1) is 15.2. The number of aliphatic hydroxyl groups excluding tert-OH is 1. The molecule has 0 amide bonds. The number of aromatic nitrogens is 1. The van der Waals surface area contributed by atoms with Gasteiger partial charge >= 0.3 is 0 Å². The molecule has 2 saturated heterocycles. The van der Waals surface area contributed by atoms with E-state index in [4.69, 9.17) is 4.74 Å². The second-order valence-corrected chi connectivity index (χ2v) is 6.54. The summed E-state index contributed by atoms with van der Waals surface area (Å²) in [5, 5.41) is 13.4. The summed E-state index contributed by atoms with van der Waals surface area (Å²) in [6.45, 7) is 8.98. The van der Waals surface area contributed by atoms with Crippen LogP contribution in [0.1, 0.15) is 0 Å². The third-order valence-electron chi connectivity index (χ3n) is 4.10. The molecule has 1 aromatic heterocycles. The molecule has 118 valence electrons. The Morgan fingerprint density at radius 3 is 2.38 bits per heavy atom. The van der Waals surface area contributed by atoms with Gasteiger partial charge in [-0.2, -0.15) is 0 Å². The second kappa shape index (κ2) is 7.51. The Morgan fingerprint density at radius 2 is 1.76 bits per heavy atom. The van der Waals surface area contributed by atoms with Crippen molar-refractivity contribution in [3.8, 4) is 0 Å². The van der Waals surface area contributed by atoms with Gasteiger partial charge in [0.2, 0.25) is 0 Å². The molecule has 6 nitrogen and oxygen atoms in total. The number of aliphatic hydroxyl groups is 1. The molecule has 3 heterocycles. The maximum atomic E-state index is 10.3. The van der Waals surface area contributed by atoms with Crippen molar-refractivity contribution >= 4 is 16.5 Å². The Morgan fingerprint density at radius 1 is 1.10 bits per heavy atom. The lowest BCUT2D eigenvalue weighted by Gasteiger charge is -2.36. The third kappa shape index (κ3) is 4.37. The van der Waals surface area contributed by atoms with Crippen molar-refractivity contribution in [2.75, 3.05) is 70.5 Å². The van der Waals surface area contributed by atoms with Crippen LogP contribution in [0.3, 0.4) is 0 Å². The Balaban J connectivity index is 1.38. The van der Waals surface area contributed by atoms with Crippen LogP contribution in [0.2, 0.25) is 0 Å². The van der Waals surface area contributed by atoms with Crippen LogP contribution >= 0.6 is 11.3 Å². The van der Waals surface area contributed by atoms with Gasteiger partial charge in [-0.05, 0) is 0 Å². The Labute approximate surface area is 129 Å². The molecule has 0 bridgehead atoms. The number of piperazine rings is 1. The summed E-state index contributed by atoms with van der Waals surface area (Å²) in [6.07, 6.45) is 1.59. The lowest BCUT2D eigenvalue weighted by molar-refractivity contribution is 0.00656. The van der Waals surface area contributed by atoms with Crippen LogP contribution in [0, 0.1) is 0 Å². The number of β-amino-alcohol motifs (C(OH)–C–C–N with tert-alkyl or cyclic N) is 1. The molecule has 0 radical (unpaired) electrons. The lowest BCUT2D eigenvalue weighted by atomic mass is 10.2. The third-order valence-corrected chi connectivity index (χ3v) is 4.94. The summed E-state index contributed by atoms with van der Waals surface area (Å²) in [4.78, 5) is 11.3. The van der Waals surface area contributed by atoms with E-state index in [0.29, 0.717) is 0 Å². The van der Waals surface area contributed by atoms with Gasteiger partial charge in [0.25, 0.3) is 0 Å². The first-order valence-electron chi connectivity index (χ1n) is 7.66. The molecule has 0 saturated carbocycles. The molecule has 2 fully saturated rings. The number of anilines is 1. The Hall–Kier alpha value is -0.730. The summed E-state index contributed by atoms with van der Waals surface area (Å²) < 4.78 is 5.33. The minimum Gasteiger partial charge on any atom is -0.390 e. The summed E-state index contributed by atoms with van der Waals surface area (Å²) in [5.41, 5.74) is 0. The molecule has 0 aliphatic carbocycles. The molecule has 0 aromatic carbocycles. The van der Waals surface area contributed by atoms with Crippen molar-refractivity contribution in [3.63, 3.8) is 0 Å². The monoisotopic (exact) mass is 312 g/mol. The van der Waals surface area contributed by atoms with Crippen molar-refractivity contribution < 1.29 is 9.84 Å². The van der Waals surface area contributed by atoms with Gasteiger partial charge in [0.1, 0.15) is 0 Å². The topological polar surface area (TPSA) is 52.1 Å². The molecular formula is C14H24N4O2S. The predicted molar refractivity (Wildman–Crippen MR) is 84.0 cm³/mol. The molecule has 0 spiro atoms. The average molecular weight is 312 g/mol. The molecule has 0 unspecified atom stereocenters. The maximum absolute atomic E-state index is 10.3.